The SMILES string of the molecule is CCNC(=O)Nc1cc(-c2nc(-c3cccnc3OCCOC)cs2)c([B]O)cn1. The van der Waals surface area contributed by atoms with E-state index < -0.39 is 0 Å². The number of urea groups is 1. The maximum Gasteiger partial charge on any atom is 0.329 e. The Morgan fingerprint density at radius 2 is 2.17 bits per heavy atom. The van der Waals surface area contributed by atoms with Crippen molar-refractivity contribution in [3.63, 3.8) is 0 Å². The third-order valence-corrected chi connectivity index (χ3v) is 4.84. The van der Waals surface area contributed by atoms with Gasteiger partial charge in [-0.15, -0.1) is 11.3 Å². The first-order chi connectivity index (χ1) is 14.7. The summed E-state index contributed by atoms with van der Waals surface area (Å²) in [5.41, 5.74) is 2.57. The van der Waals surface area contributed by atoms with Crippen molar-refractivity contribution in [1.29, 1.82) is 0 Å². The Morgan fingerprint density at radius 1 is 1.30 bits per heavy atom. The monoisotopic (exact) mass is 426 g/mol. The van der Waals surface area contributed by atoms with Gasteiger partial charge in [-0.2, -0.15) is 0 Å². The number of carbonyl (C=O) groups is 1. The van der Waals surface area contributed by atoms with Crippen molar-refractivity contribution in [2.24, 2.45) is 0 Å². The van der Waals surface area contributed by atoms with Crippen LogP contribution in [0, 0.1) is 0 Å². The van der Waals surface area contributed by atoms with Crippen LogP contribution >= 0.6 is 11.3 Å². The summed E-state index contributed by atoms with van der Waals surface area (Å²) in [4.78, 5) is 24.9. The molecule has 0 aliphatic carbocycles. The Hall–Kier alpha value is -3.02. The van der Waals surface area contributed by atoms with E-state index in [0.717, 1.165) is 13.0 Å². The van der Waals surface area contributed by atoms with Gasteiger partial charge < -0.3 is 19.8 Å². The molecule has 11 heteroatoms. The Morgan fingerprint density at radius 3 is 2.93 bits per heavy atom. The summed E-state index contributed by atoms with van der Waals surface area (Å²) in [6, 6.07) is 5.00. The molecule has 155 valence electrons. The number of carbonyl (C=O) groups excluding carboxylic acids is 1. The van der Waals surface area contributed by atoms with Gasteiger partial charge in [0, 0.05) is 37.0 Å². The zero-order valence-electron chi connectivity index (χ0n) is 16.6. The number of hydrogen-bond acceptors (Lipinski definition) is 8. The fourth-order valence-electron chi connectivity index (χ4n) is 2.59. The van der Waals surface area contributed by atoms with Crippen LogP contribution in [0.25, 0.3) is 21.8 Å². The molecular weight excluding hydrogens is 405 g/mol. The van der Waals surface area contributed by atoms with Crippen LogP contribution in [0.5, 0.6) is 5.88 Å². The van der Waals surface area contributed by atoms with E-state index in [4.69, 9.17) is 9.47 Å². The highest BCUT2D eigenvalue weighted by Crippen LogP contribution is 2.32. The van der Waals surface area contributed by atoms with Crippen molar-refractivity contribution in [3.05, 3.63) is 36.0 Å². The molecule has 0 saturated carbocycles. The maximum atomic E-state index is 11.8. The number of ether oxygens (including phenoxy) is 2. The van der Waals surface area contributed by atoms with Crippen molar-refractivity contribution in [2.75, 3.05) is 32.2 Å². The molecule has 1 radical (unpaired) electrons. The summed E-state index contributed by atoms with van der Waals surface area (Å²) < 4.78 is 10.7. The third-order valence-electron chi connectivity index (χ3n) is 3.96. The molecule has 3 aromatic heterocycles. The number of anilines is 1. The molecule has 3 aromatic rings. The molecule has 0 saturated heterocycles. The van der Waals surface area contributed by atoms with Crippen molar-refractivity contribution in [3.8, 4) is 27.7 Å². The van der Waals surface area contributed by atoms with Crippen LogP contribution in [0.1, 0.15) is 6.92 Å². The standard InChI is InChI=1S/C19H21BN5O4S/c1-3-21-19(26)25-16-9-13(14(20-27)10-23-16)18-24-15(11-30-18)12-5-4-6-22-17(12)29-8-7-28-2/h4-6,9-11,27H,3,7-8H2,1-2H3,(H2,21,23,25,26). The number of aromatic nitrogens is 3. The molecule has 0 bridgehead atoms. The van der Waals surface area contributed by atoms with Gasteiger partial charge in [0.25, 0.3) is 0 Å². The number of amides is 2. The number of methoxy groups -OCH3 is 1. The number of pyridine rings is 2. The number of nitrogens with one attached hydrogen (secondary N) is 2. The van der Waals surface area contributed by atoms with E-state index in [1.54, 1.807) is 19.4 Å². The third kappa shape index (κ3) is 5.32. The maximum absolute atomic E-state index is 11.8. The summed E-state index contributed by atoms with van der Waals surface area (Å²) in [6.45, 7) is 3.15. The lowest BCUT2D eigenvalue weighted by Crippen LogP contribution is -2.29. The molecule has 30 heavy (non-hydrogen) atoms. The van der Waals surface area contributed by atoms with Gasteiger partial charge >= 0.3 is 13.5 Å². The van der Waals surface area contributed by atoms with Gasteiger partial charge in [0.1, 0.15) is 17.4 Å². The van der Waals surface area contributed by atoms with Crippen LogP contribution in [0.15, 0.2) is 36.0 Å². The smallest absolute Gasteiger partial charge is 0.329 e. The van der Waals surface area contributed by atoms with Gasteiger partial charge in [0.05, 0.1) is 17.9 Å². The fraction of sp³-hybridized carbons (Fsp3) is 0.263. The van der Waals surface area contributed by atoms with E-state index in [9.17, 15) is 9.82 Å². The second kappa shape index (κ2) is 10.7. The highest BCUT2D eigenvalue weighted by molar-refractivity contribution is 7.13. The highest BCUT2D eigenvalue weighted by Gasteiger charge is 2.16. The molecule has 0 unspecified atom stereocenters. The van der Waals surface area contributed by atoms with Crippen LogP contribution in [-0.2, 0) is 4.74 Å². The summed E-state index contributed by atoms with van der Waals surface area (Å²) in [7, 11) is 2.57. The van der Waals surface area contributed by atoms with Crippen molar-refractivity contribution < 1.29 is 19.3 Å². The van der Waals surface area contributed by atoms with Gasteiger partial charge in [0.2, 0.25) is 5.88 Å². The van der Waals surface area contributed by atoms with E-state index in [1.165, 1.54) is 17.5 Å². The van der Waals surface area contributed by atoms with E-state index in [-0.39, 0.29) is 6.03 Å². The number of hydrogen-bond donors (Lipinski definition) is 3. The summed E-state index contributed by atoms with van der Waals surface area (Å²) in [6.07, 6.45) is 3.13. The van der Waals surface area contributed by atoms with Gasteiger partial charge in [-0.3, -0.25) is 5.32 Å². The summed E-state index contributed by atoms with van der Waals surface area (Å²) >= 11 is 1.40. The molecule has 3 heterocycles. The van der Waals surface area contributed by atoms with Crippen LogP contribution in [0.4, 0.5) is 10.6 Å². The number of rotatable bonds is 9. The summed E-state index contributed by atoms with van der Waals surface area (Å²) in [5, 5.41) is 17.4. The molecule has 0 aliphatic heterocycles. The predicted octanol–water partition coefficient (Wildman–Crippen LogP) is 1.67. The van der Waals surface area contributed by atoms with Crippen molar-refractivity contribution in [1.82, 2.24) is 20.3 Å². The Kier molecular flexibility index (Phi) is 7.72. The van der Waals surface area contributed by atoms with E-state index in [2.05, 4.69) is 25.6 Å². The Labute approximate surface area is 178 Å². The minimum atomic E-state index is -0.357. The fourth-order valence-corrected chi connectivity index (χ4v) is 3.44. The molecule has 3 N–H and O–H groups in total. The second-order valence-electron chi connectivity index (χ2n) is 6.01. The highest BCUT2D eigenvalue weighted by atomic mass is 32.1. The average Bonchev–Trinajstić information content (AvgIpc) is 3.24. The number of nitrogens with zero attached hydrogens (tertiary/aromatic N) is 3. The van der Waals surface area contributed by atoms with Gasteiger partial charge in [-0.05, 0) is 30.6 Å². The zero-order valence-corrected chi connectivity index (χ0v) is 17.4. The molecular formula is C19H21BN5O4S. The first kappa shape index (κ1) is 21.7. The molecule has 0 aliphatic rings. The van der Waals surface area contributed by atoms with Crippen LogP contribution in [0.2, 0.25) is 0 Å². The largest absolute Gasteiger partial charge is 0.475 e. The van der Waals surface area contributed by atoms with Crippen LogP contribution in [0.3, 0.4) is 0 Å². The Bertz CT molecular complexity index is 1000. The van der Waals surface area contributed by atoms with Gasteiger partial charge in [-0.1, -0.05) is 0 Å². The second-order valence-corrected chi connectivity index (χ2v) is 6.86. The number of thiazole rings is 1. The van der Waals surface area contributed by atoms with Crippen molar-refractivity contribution >= 4 is 36.1 Å². The minimum Gasteiger partial charge on any atom is -0.475 e. The zero-order chi connectivity index (χ0) is 21.3. The topological polar surface area (TPSA) is 118 Å². The lowest BCUT2D eigenvalue weighted by atomic mass is 9.86. The molecule has 0 fully saturated rings. The molecule has 2 amide bonds. The lowest BCUT2D eigenvalue weighted by molar-refractivity contribution is 0.144. The summed E-state index contributed by atoms with van der Waals surface area (Å²) in [5.74, 6) is 0.817. The van der Waals surface area contributed by atoms with E-state index >= 15 is 0 Å². The predicted molar refractivity (Wildman–Crippen MR) is 116 cm³/mol. The van der Waals surface area contributed by atoms with E-state index in [0.29, 0.717) is 53.2 Å². The molecule has 0 aromatic carbocycles. The van der Waals surface area contributed by atoms with Gasteiger partial charge in [0.15, 0.2) is 0 Å². The van der Waals surface area contributed by atoms with E-state index in [1.807, 2.05) is 24.4 Å². The first-order valence-electron chi connectivity index (χ1n) is 9.21. The quantitative estimate of drug-likeness (QED) is 0.352. The lowest BCUT2D eigenvalue weighted by Gasteiger charge is -2.09. The van der Waals surface area contributed by atoms with Crippen molar-refractivity contribution in [2.45, 2.75) is 6.92 Å². The molecule has 0 spiro atoms. The Balaban J connectivity index is 1.90. The van der Waals surface area contributed by atoms with Crippen LogP contribution in [-0.4, -0.2) is 60.4 Å². The van der Waals surface area contributed by atoms with Gasteiger partial charge in [-0.25, -0.2) is 19.7 Å². The normalized spacial score (nSPS) is 10.5. The molecule has 0 atom stereocenters. The minimum absolute atomic E-state index is 0.350. The molecule has 9 nitrogen and oxygen atoms in total. The average molecular weight is 426 g/mol. The molecule has 3 rings (SSSR count). The first-order valence-corrected chi connectivity index (χ1v) is 10.1. The van der Waals surface area contributed by atoms with Crippen LogP contribution < -0.4 is 20.8 Å².